The Labute approximate surface area is 102 Å². The number of rotatable bonds is 5. The van der Waals surface area contributed by atoms with Crippen LogP contribution in [0.1, 0.15) is 16.6 Å². The quantitative estimate of drug-likeness (QED) is 0.905. The van der Waals surface area contributed by atoms with Crippen LogP contribution in [0.15, 0.2) is 15.9 Å². The monoisotopic (exact) mass is 291 g/mol. The Bertz CT molecular complexity index is 327. The van der Waals surface area contributed by atoms with Crippen LogP contribution in [0.3, 0.4) is 0 Å². The first-order valence-corrected chi connectivity index (χ1v) is 6.27. The van der Waals surface area contributed by atoms with Gasteiger partial charge in [0.05, 0.1) is 15.3 Å². The highest BCUT2D eigenvalue weighted by Gasteiger charge is 2.09. The normalized spacial score (nSPS) is 12.5. The number of hydrogen-bond donors (Lipinski definition) is 1. The molecule has 1 unspecified atom stereocenters. The van der Waals surface area contributed by atoms with Crippen LogP contribution in [0.5, 0.6) is 0 Å². The molecule has 0 fully saturated rings. The molecule has 1 aromatic rings. The maximum atomic E-state index is 11.6. The van der Waals surface area contributed by atoms with E-state index in [9.17, 15) is 4.79 Å². The second-order valence-corrected chi connectivity index (χ2v) is 5.84. The summed E-state index contributed by atoms with van der Waals surface area (Å²) in [6, 6.07) is 3.68. The Morgan fingerprint density at radius 2 is 2.40 bits per heavy atom. The second-order valence-electron chi connectivity index (χ2n) is 3.37. The van der Waals surface area contributed by atoms with E-state index in [-0.39, 0.29) is 5.91 Å². The van der Waals surface area contributed by atoms with Crippen molar-refractivity contribution in [3.8, 4) is 0 Å². The van der Waals surface area contributed by atoms with E-state index in [1.165, 1.54) is 11.3 Å². The predicted octanol–water partition coefficient (Wildman–Crippen LogP) is 2.52. The van der Waals surface area contributed by atoms with E-state index in [4.69, 9.17) is 4.74 Å². The molecule has 0 aliphatic rings. The third-order valence-electron chi connectivity index (χ3n) is 1.86. The van der Waals surface area contributed by atoms with Gasteiger partial charge in [0.2, 0.25) is 0 Å². The molecule has 3 nitrogen and oxygen atoms in total. The van der Waals surface area contributed by atoms with Crippen LogP contribution in [0.4, 0.5) is 0 Å². The Morgan fingerprint density at radius 1 is 1.67 bits per heavy atom. The van der Waals surface area contributed by atoms with E-state index in [0.29, 0.717) is 19.1 Å². The lowest BCUT2D eigenvalue weighted by molar-refractivity contribution is 0.0938. The number of thiophene rings is 1. The number of carbonyl (C=O) groups excluding carboxylic acids is 1. The van der Waals surface area contributed by atoms with Gasteiger partial charge in [0.15, 0.2) is 0 Å². The van der Waals surface area contributed by atoms with Gasteiger partial charge in [-0.2, -0.15) is 0 Å². The lowest BCUT2D eigenvalue weighted by atomic mass is 10.2. The Balaban J connectivity index is 2.36. The van der Waals surface area contributed by atoms with Crippen molar-refractivity contribution in [1.29, 1.82) is 0 Å². The smallest absolute Gasteiger partial charge is 0.261 e. The summed E-state index contributed by atoms with van der Waals surface area (Å²) in [7, 11) is 1.66. The van der Waals surface area contributed by atoms with Gasteiger partial charge in [-0.05, 0) is 34.0 Å². The zero-order valence-corrected chi connectivity index (χ0v) is 11.2. The molecule has 0 radical (unpaired) electrons. The number of halogens is 1. The van der Waals surface area contributed by atoms with Crippen molar-refractivity contribution in [1.82, 2.24) is 5.32 Å². The molecule has 84 valence electrons. The standard InChI is InChI=1S/C10H14BrNO2S/c1-7(6-14-2)5-12-10(13)8-3-4-9(11)15-8/h3-4,7H,5-6H2,1-2H3,(H,12,13). The van der Waals surface area contributed by atoms with E-state index in [0.717, 1.165) is 8.66 Å². The predicted molar refractivity (Wildman–Crippen MR) is 65.4 cm³/mol. The van der Waals surface area contributed by atoms with Gasteiger partial charge in [-0.1, -0.05) is 6.92 Å². The molecule has 1 aromatic heterocycles. The molecule has 0 saturated heterocycles. The zero-order chi connectivity index (χ0) is 11.3. The van der Waals surface area contributed by atoms with Crippen LogP contribution in [-0.4, -0.2) is 26.2 Å². The van der Waals surface area contributed by atoms with Crippen LogP contribution < -0.4 is 5.32 Å². The lowest BCUT2D eigenvalue weighted by Gasteiger charge is -2.10. The average molecular weight is 292 g/mol. The Morgan fingerprint density at radius 3 is 2.93 bits per heavy atom. The van der Waals surface area contributed by atoms with Gasteiger partial charge in [0.25, 0.3) is 5.91 Å². The van der Waals surface area contributed by atoms with Gasteiger partial charge in [0.1, 0.15) is 0 Å². The van der Waals surface area contributed by atoms with Crippen molar-refractivity contribution in [2.24, 2.45) is 5.92 Å². The highest BCUT2D eigenvalue weighted by Crippen LogP contribution is 2.21. The van der Waals surface area contributed by atoms with E-state index in [2.05, 4.69) is 21.2 Å². The molecule has 0 aliphatic heterocycles. The highest BCUT2D eigenvalue weighted by atomic mass is 79.9. The van der Waals surface area contributed by atoms with E-state index >= 15 is 0 Å². The Kier molecular flexibility index (Phi) is 5.28. The molecule has 1 amide bonds. The van der Waals surface area contributed by atoms with Crippen LogP contribution in [0.25, 0.3) is 0 Å². The summed E-state index contributed by atoms with van der Waals surface area (Å²) in [6.45, 7) is 3.34. The first-order valence-electron chi connectivity index (χ1n) is 4.66. The van der Waals surface area contributed by atoms with Crippen molar-refractivity contribution < 1.29 is 9.53 Å². The Hall–Kier alpha value is -0.390. The molecule has 0 bridgehead atoms. The number of carbonyl (C=O) groups is 1. The fraction of sp³-hybridized carbons (Fsp3) is 0.500. The number of amides is 1. The van der Waals surface area contributed by atoms with E-state index in [1.54, 1.807) is 7.11 Å². The van der Waals surface area contributed by atoms with Gasteiger partial charge in [-0.25, -0.2) is 0 Å². The molecule has 0 saturated carbocycles. The summed E-state index contributed by atoms with van der Waals surface area (Å²) in [5.74, 6) is 0.316. The molecule has 1 heterocycles. The number of ether oxygens (including phenoxy) is 1. The largest absolute Gasteiger partial charge is 0.384 e. The van der Waals surface area contributed by atoms with Crippen LogP contribution in [-0.2, 0) is 4.74 Å². The molecule has 1 atom stereocenters. The second kappa shape index (κ2) is 6.25. The van der Waals surface area contributed by atoms with Crippen molar-refractivity contribution in [2.75, 3.05) is 20.3 Å². The van der Waals surface area contributed by atoms with Crippen molar-refractivity contribution in [3.63, 3.8) is 0 Å². The molecule has 15 heavy (non-hydrogen) atoms. The summed E-state index contributed by atoms with van der Waals surface area (Å²) >= 11 is 4.76. The van der Waals surface area contributed by atoms with E-state index in [1.807, 2.05) is 19.1 Å². The molecule has 0 aliphatic carbocycles. The van der Waals surface area contributed by atoms with Crippen molar-refractivity contribution >= 4 is 33.2 Å². The number of hydrogen-bond acceptors (Lipinski definition) is 3. The summed E-state index contributed by atoms with van der Waals surface area (Å²) in [6.07, 6.45) is 0. The van der Waals surface area contributed by atoms with Gasteiger partial charge in [0, 0.05) is 13.7 Å². The third kappa shape index (κ3) is 4.32. The first-order chi connectivity index (χ1) is 7.13. The van der Waals surface area contributed by atoms with Gasteiger partial charge >= 0.3 is 0 Å². The van der Waals surface area contributed by atoms with Crippen LogP contribution in [0, 0.1) is 5.92 Å². The maximum absolute atomic E-state index is 11.6. The SMILES string of the molecule is COCC(C)CNC(=O)c1ccc(Br)s1. The number of methoxy groups -OCH3 is 1. The van der Waals surface area contributed by atoms with Gasteiger partial charge < -0.3 is 10.1 Å². The molecule has 1 rings (SSSR count). The molecule has 1 N–H and O–H groups in total. The third-order valence-corrected chi connectivity index (χ3v) is 3.48. The zero-order valence-electron chi connectivity index (χ0n) is 8.75. The van der Waals surface area contributed by atoms with Crippen LogP contribution >= 0.6 is 27.3 Å². The topological polar surface area (TPSA) is 38.3 Å². The van der Waals surface area contributed by atoms with Crippen LogP contribution in [0.2, 0.25) is 0 Å². The van der Waals surface area contributed by atoms with E-state index < -0.39 is 0 Å². The summed E-state index contributed by atoms with van der Waals surface area (Å²) in [5, 5.41) is 2.87. The summed E-state index contributed by atoms with van der Waals surface area (Å²) in [5.41, 5.74) is 0. The minimum absolute atomic E-state index is 0.0198. The molecular formula is C10H14BrNO2S. The highest BCUT2D eigenvalue weighted by molar-refractivity contribution is 9.11. The minimum atomic E-state index is -0.0198. The summed E-state index contributed by atoms with van der Waals surface area (Å²) < 4.78 is 5.96. The summed E-state index contributed by atoms with van der Waals surface area (Å²) in [4.78, 5) is 12.3. The average Bonchev–Trinajstić information content (AvgIpc) is 2.62. The molecule has 0 aromatic carbocycles. The molecular weight excluding hydrogens is 278 g/mol. The maximum Gasteiger partial charge on any atom is 0.261 e. The van der Waals surface area contributed by atoms with Crippen molar-refractivity contribution in [2.45, 2.75) is 6.92 Å². The fourth-order valence-electron chi connectivity index (χ4n) is 1.13. The lowest BCUT2D eigenvalue weighted by Crippen LogP contribution is -2.29. The van der Waals surface area contributed by atoms with Gasteiger partial charge in [-0.3, -0.25) is 4.79 Å². The van der Waals surface area contributed by atoms with Crippen molar-refractivity contribution in [3.05, 3.63) is 20.8 Å². The van der Waals surface area contributed by atoms with Gasteiger partial charge in [-0.15, -0.1) is 11.3 Å². The first kappa shape index (κ1) is 12.7. The fourth-order valence-corrected chi connectivity index (χ4v) is 2.44. The minimum Gasteiger partial charge on any atom is -0.384 e. The molecule has 0 spiro atoms. The molecule has 5 heteroatoms. The number of nitrogens with one attached hydrogen (secondary N) is 1.